The monoisotopic (exact) mass is 284 g/mol. The van der Waals surface area contributed by atoms with Crippen molar-refractivity contribution in [3.8, 4) is 5.75 Å². The summed E-state index contributed by atoms with van der Waals surface area (Å²) >= 11 is 10.1. The van der Waals surface area contributed by atoms with Gasteiger partial charge in [0.2, 0.25) is 0 Å². The third-order valence-corrected chi connectivity index (χ3v) is 2.79. The van der Waals surface area contributed by atoms with Gasteiger partial charge in [0.1, 0.15) is 5.75 Å². The van der Waals surface area contributed by atoms with Gasteiger partial charge in [0.25, 0.3) is 0 Å². The second-order valence-corrected chi connectivity index (χ2v) is 4.14. The van der Waals surface area contributed by atoms with Crippen LogP contribution in [0.4, 0.5) is 11.4 Å². The molecule has 1 aromatic carbocycles. The Bertz CT molecular complexity index is 451. The second-order valence-electron chi connectivity index (χ2n) is 3.32. The molecule has 0 radical (unpaired) electrons. The maximum absolute atomic E-state index is 5.18. The van der Waals surface area contributed by atoms with Crippen LogP contribution < -0.4 is 26.0 Å². The SMILES string of the molecule is CNC(=S)Nc1ccc(OC)cc1NC(=S)NC. The molecule has 0 bridgehead atoms. The summed E-state index contributed by atoms with van der Waals surface area (Å²) in [4.78, 5) is 0. The van der Waals surface area contributed by atoms with Crippen LogP contribution in [0, 0.1) is 0 Å². The highest BCUT2D eigenvalue weighted by atomic mass is 32.1. The summed E-state index contributed by atoms with van der Waals surface area (Å²) < 4.78 is 5.18. The van der Waals surface area contributed by atoms with Gasteiger partial charge in [0.15, 0.2) is 10.2 Å². The first-order valence-electron chi connectivity index (χ1n) is 5.26. The predicted octanol–water partition coefficient (Wildman–Crippen LogP) is 1.53. The molecule has 18 heavy (non-hydrogen) atoms. The van der Waals surface area contributed by atoms with Crippen molar-refractivity contribution in [2.24, 2.45) is 0 Å². The summed E-state index contributed by atoms with van der Waals surface area (Å²) in [6.07, 6.45) is 0. The van der Waals surface area contributed by atoms with Crippen LogP contribution in [0.2, 0.25) is 0 Å². The number of anilines is 2. The lowest BCUT2D eigenvalue weighted by molar-refractivity contribution is 0.415. The molecule has 0 atom stereocenters. The topological polar surface area (TPSA) is 57.4 Å². The van der Waals surface area contributed by atoms with Crippen molar-refractivity contribution in [2.45, 2.75) is 0 Å². The van der Waals surface area contributed by atoms with Gasteiger partial charge in [-0.3, -0.25) is 0 Å². The number of methoxy groups -OCH3 is 1. The molecule has 1 rings (SSSR count). The predicted molar refractivity (Wildman–Crippen MR) is 83.6 cm³/mol. The Morgan fingerprint density at radius 2 is 1.56 bits per heavy atom. The number of benzene rings is 1. The summed E-state index contributed by atoms with van der Waals surface area (Å²) in [5.74, 6) is 0.734. The van der Waals surface area contributed by atoms with E-state index >= 15 is 0 Å². The number of ether oxygens (including phenoxy) is 1. The molecule has 0 fully saturated rings. The zero-order valence-electron chi connectivity index (χ0n) is 10.5. The van der Waals surface area contributed by atoms with Crippen LogP contribution in [0.3, 0.4) is 0 Å². The van der Waals surface area contributed by atoms with Gasteiger partial charge in [-0.25, -0.2) is 0 Å². The number of nitrogens with one attached hydrogen (secondary N) is 4. The van der Waals surface area contributed by atoms with Gasteiger partial charge in [-0.2, -0.15) is 0 Å². The van der Waals surface area contributed by atoms with E-state index in [1.807, 2.05) is 18.2 Å². The summed E-state index contributed by atoms with van der Waals surface area (Å²) in [7, 11) is 5.12. The summed E-state index contributed by atoms with van der Waals surface area (Å²) in [6, 6.07) is 5.54. The van der Waals surface area contributed by atoms with E-state index in [2.05, 4.69) is 21.3 Å². The van der Waals surface area contributed by atoms with Crippen LogP contribution in [0.5, 0.6) is 5.75 Å². The van der Waals surface area contributed by atoms with Crippen molar-refractivity contribution >= 4 is 46.0 Å². The highest BCUT2D eigenvalue weighted by Gasteiger charge is 2.06. The minimum absolute atomic E-state index is 0.515. The lowest BCUT2D eigenvalue weighted by atomic mass is 10.2. The van der Waals surface area contributed by atoms with Crippen molar-refractivity contribution in [1.29, 1.82) is 0 Å². The van der Waals surface area contributed by atoms with Gasteiger partial charge >= 0.3 is 0 Å². The van der Waals surface area contributed by atoms with Crippen molar-refractivity contribution in [1.82, 2.24) is 10.6 Å². The van der Waals surface area contributed by atoms with Gasteiger partial charge < -0.3 is 26.0 Å². The summed E-state index contributed by atoms with van der Waals surface area (Å²) in [5, 5.41) is 12.9. The zero-order valence-corrected chi connectivity index (χ0v) is 12.1. The Hall–Kier alpha value is -1.60. The lowest BCUT2D eigenvalue weighted by Crippen LogP contribution is -2.27. The maximum atomic E-state index is 5.18. The van der Waals surface area contributed by atoms with E-state index in [1.54, 1.807) is 21.2 Å². The molecule has 0 aliphatic rings. The van der Waals surface area contributed by atoms with E-state index in [0.717, 1.165) is 17.1 Å². The van der Waals surface area contributed by atoms with Crippen LogP contribution >= 0.6 is 24.4 Å². The molecule has 0 unspecified atom stereocenters. The van der Waals surface area contributed by atoms with E-state index in [0.29, 0.717) is 10.2 Å². The first kappa shape index (κ1) is 14.5. The van der Waals surface area contributed by atoms with Gasteiger partial charge in [0, 0.05) is 20.2 Å². The summed E-state index contributed by atoms with van der Waals surface area (Å²) in [5.41, 5.74) is 1.60. The normalized spacial score (nSPS) is 9.28. The average Bonchev–Trinajstić information content (AvgIpc) is 2.40. The Balaban J connectivity index is 2.99. The second kappa shape index (κ2) is 6.97. The van der Waals surface area contributed by atoms with Crippen molar-refractivity contribution in [2.75, 3.05) is 31.8 Å². The first-order chi connectivity index (χ1) is 8.60. The largest absolute Gasteiger partial charge is 0.497 e. The third kappa shape index (κ3) is 4.01. The fraction of sp³-hybridized carbons (Fsp3) is 0.273. The smallest absolute Gasteiger partial charge is 0.170 e. The molecule has 5 nitrogen and oxygen atoms in total. The van der Waals surface area contributed by atoms with Gasteiger partial charge in [-0.15, -0.1) is 0 Å². The van der Waals surface area contributed by atoms with E-state index in [1.165, 1.54) is 0 Å². The van der Waals surface area contributed by atoms with Gasteiger partial charge in [-0.05, 0) is 36.6 Å². The quantitative estimate of drug-likeness (QED) is 0.628. The molecule has 0 saturated heterocycles. The number of rotatable bonds is 3. The fourth-order valence-electron chi connectivity index (χ4n) is 1.23. The van der Waals surface area contributed by atoms with E-state index < -0.39 is 0 Å². The fourth-order valence-corrected chi connectivity index (χ4v) is 1.45. The van der Waals surface area contributed by atoms with Crippen LogP contribution in [0.1, 0.15) is 0 Å². The Morgan fingerprint density at radius 1 is 1.00 bits per heavy atom. The first-order valence-corrected chi connectivity index (χ1v) is 6.08. The zero-order chi connectivity index (χ0) is 13.5. The molecule has 0 aliphatic heterocycles. The molecule has 0 heterocycles. The third-order valence-electron chi connectivity index (χ3n) is 2.18. The number of thiocarbonyl (C=S) groups is 2. The molecule has 1 aromatic rings. The molecule has 0 aromatic heterocycles. The van der Waals surface area contributed by atoms with Gasteiger partial charge in [0.05, 0.1) is 18.5 Å². The Kier molecular flexibility index (Phi) is 5.60. The molecule has 0 spiro atoms. The van der Waals surface area contributed by atoms with E-state index in [9.17, 15) is 0 Å². The molecule has 98 valence electrons. The Labute approximate surface area is 117 Å². The van der Waals surface area contributed by atoms with Gasteiger partial charge in [-0.1, -0.05) is 0 Å². The molecule has 7 heteroatoms. The maximum Gasteiger partial charge on any atom is 0.170 e. The van der Waals surface area contributed by atoms with E-state index in [4.69, 9.17) is 29.2 Å². The molecular formula is C11H16N4OS2. The average molecular weight is 284 g/mol. The molecule has 4 N–H and O–H groups in total. The molecule has 0 aliphatic carbocycles. The van der Waals surface area contributed by atoms with Crippen molar-refractivity contribution in [3.63, 3.8) is 0 Å². The van der Waals surface area contributed by atoms with Crippen LogP contribution in [0.25, 0.3) is 0 Å². The summed E-state index contributed by atoms with van der Waals surface area (Å²) in [6.45, 7) is 0. The van der Waals surface area contributed by atoms with Crippen LogP contribution in [0.15, 0.2) is 18.2 Å². The highest BCUT2D eigenvalue weighted by molar-refractivity contribution is 7.80. The minimum atomic E-state index is 0.515. The molecular weight excluding hydrogens is 268 g/mol. The molecule has 0 saturated carbocycles. The standard InChI is InChI=1S/C11H16N4OS2/c1-12-10(17)14-8-5-4-7(16-3)6-9(8)15-11(18)13-2/h4-6H,1-3H3,(H2,12,14,17)(H2,13,15,18). The van der Waals surface area contributed by atoms with Crippen LogP contribution in [-0.2, 0) is 0 Å². The number of hydrogen-bond donors (Lipinski definition) is 4. The lowest BCUT2D eigenvalue weighted by Gasteiger charge is -2.15. The minimum Gasteiger partial charge on any atom is -0.497 e. The van der Waals surface area contributed by atoms with Crippen molar-refractivity contribution < 1.29 is 4.74 Å². The number of hydrogen-bond acceptors (Lipinski definition) is 3. The van der Waals surface area contributed by atoms with Crippen LogP contribution in [-0.4, -0.2) is 31.4 Å². The highest BCUT2D eigenvalue weighted by Crippen LogP contribution is 2.27. The van der Waals surface area contributed by atoms with Crippen molar-refractivity contribution in [3.05, 3.63) is 18.2 Å². The Morgan fingerprint density at radius 3 is 2.06 bits per heavy atom. The van der Waals surface area contributed by atoms with E-state index in [-0.39, 0.29) is 0 Å². The molecule has 0 amide bonds.